The Bertz CT molecular complexity index is 450. The largest absolute Gasteiger partial charge is 0.496 e. The van der Waals surface area contributed by atoms with Crippen molar-refractivity contribution in [2.24, 2.45) is 5.73 Å². The molecule has 1 aliphatic rings. The molecule has 0 atom stereocenters. The van der Waals surface area contributed by atoms with E-state index < -0.39 is 11.4 Å². The Morgan fingerprint density at radius 3 is 2.65 bits per heavy atom. The molecule has 92 valence electrons. The fourth-order valence-corrected chi connectivity index (χ4v) is 2.65. The average Bonchev–Trinajstić information content (AvgIpc) is 2.23. The summed E-state index contributed by atoms with van der Waals surface area (Å²) < 4.78 is 5.34. The fourth-order valence-electron chi connectivity index (χ4n) is 2.65. The highest BCUT2D eigenvalue weighted by Crippen LogP contribution is 2.47. The van der Waals surface area contributed by atoms with Crippen LogP contribution in [0.3, 0.4) is 0 Å². The van der Waals surface area contributed by atoms with Crippen LogP contribution in [0.25, 0.3) is 0 Å². The first-order valence-electron chi connectivity index (χ1n) is 5.64. The summed E-state index contributed by atoms with van der Waals surface area (Å²) >= 11 is 0. The van der Waals surface area contributed by atoms with Crippen molar-refractivity contribution in [1.29, 1.82) is 0 Å². The molecule has 1 aliphatic carbocycles. The van der Waals surface area contributed by atoms with Crippen LogP contribution in [0, 0.1) is 6.92 Å². The van der Waals surface area contributed by atoms with E-state index in [9.17, 15) is 9.90 Å². The number of carboxylic acid groups (broad SMARTS) is 1. The number of hydrogen-bond donors (Lipinski definition) is 2. The summed E-state index contributed by atoms with van der Waals surface area (Å²) in [5.74, 6) is -0.148. The highest BCUT2D eigenvalue weighted by Gasteiger charge is 2.52. The number of nitrogens with two attached hydrogens (primary N) is 1. The van der Waals surface area contributed by atoms with Gasteiger partial charge in [-0.3, -0.25) is 4.79 Å². The lowest BCUT2D eigenvalue weighted by Crippen LogP contribution is -2.54. The predicted molar refractivity (Wildman–Crippen MR) is 64.3 cm³/mol. The summed E-state index contributed by atoms with van der Waals surface area (Å²) in [7, 11) is 1.57. The maximum Gasteiger partial charge on any atom is 0.314 e. The zero-order valence-corrected chi connectivity index (χ0v) is 10.1. The summed E-state index contributed by atoms with van der Waals surface area (Å²) in [6, 6.07) is 5.57. The molecule has 0 heterocycles. The van der Waals surface area contributed by atoms with E-state index in [0.717, 1.165) is 11.1 Å². The third kappa shape index (κ3) is 1.69. The lowest BCUT2D eigenvalue weighted by molar-refractivity contribution is -0.148. The first-order chi connectivity index (χ1) is 8.01. The number of methoxy groups -OCH3 is 1. The summed E-state index contributed by atoms with van der Waals surface area (Å²) in [5, 5.41) is 9.45. The van der Waals surface area contributed by atoms with Crippen molar-refractivity contribution in [3.63, 3.8) is 0 Å². The van der Waals surface area contributed by atoms with E-state index in [1.165, 1.54) is 0 Å². The van der Waals surface area contributed by atoms with Crippen LogP contribution >= 0.6 is 0 Å². The van der Waals surface area contributed by atoms with Crippen molar-refractivity contribution in [2.45, 2.75) is 31.2 Å². The van der Waals surface area contributed by atoms with Crippen LogP contribution in [0.1, 0.15) is 24.0 Å². The minimum absolute atomic E-state index is 0.0312. The van der Waals surface area contributed by atoms with Gasteiger partial charge in [-0.2, -0.15) is 0 Å². The number of benzene rings is 1. The molecule has 0 aliphatic heterocycles. The first-order valence-corrected chi connectivity index (χ1v) is 5.64. The van der Waals surface area contributed by atoms with Gasteiger partial charge in [0.25, 0.3) is 0 Å². The topological polar surface area (TPSA) is 72.5 Å². The fraction of sp³-hybridized carbons (Fsp3) is 0.462. The molecule has 3 N–H and O–H groups in total. The summed E-state index contributed by atoms with van der Waals surface area (Å²) in [4.78, 5) is 11.5. The quantitative estimate of drug-likeness (QED) is 0.831. The number of aryl methyl sites for hydroxylation is 1. The van der Waals surface area contributed by atoms with Gasteiger partial charge < -0.3 is 15.6 Å². The van der Waals surface area contributed by atoms with E-state index in [1.807, 2.05) is 25.1 Å². The van der Waals surface area contributed by atoms with Gasteiger partial charge in [0.1, 0.15) is 5.75 Å². The van der Waals surface area contributed by atoms with E-state index in [-0.39, 0.29) is 6.04 Å². The summed E-state index contributed by atoms with van der Waals surface area (Å²) in [6.07, 6.45) is 0.949. The van der Waals surface area contributed by atoms with E-state index in [4.69, 9.17) is 10.5 Å². The van der Waals surface area contributed by atoms with Crippen LogP contribution in [0.2, 0.25) is 0 Å². The monoisotopic (exact) mass is 235 g/mol. The predicted octanol–water partition coefficient (Wildman–Crippen LogP) is 1.45. The van der Waals surface area contributed by atoms with Crippen molar-refractivity contribution < 1.29 is 14.6 Å². The van der Waals surface area contributed by atoms with Crippen LogP contribution in [-0.2, 0) is 10.2 Å². The molecular formula is C13H17NO3. The molecule has 1 aromatic carbocycles. The highest BCUT2D eigenvalue weighted by molar-refractivity contribution is 5.84. The first kappa shape index (κ1) is 11.9. The number of rotatable bonds is 3. The van der Waals surface area contributed by atoms with Crippen LogP contribution in [0.15, 0.2) is 18.2 Å². The van der Waals surface area contributed by atoms with Crippen LogP contribution in [0.4, 0.5) is 0 Å². The number of para-hydroxylation sites is 1. The third-order valence-corrected chi connectivity index (χ3v) is 3.56. The molecule has 0 aromatic heterocycles. The van der Waals surface area contributed by atoms with Gasteiger partial charge in [0.05, 0.1) is 12.5 Å². The Morgan fingerprint density at radius 1 is 1.53 bits per heavy atom. The number of ether oxygens (including phenoxy) is 1. The second kappa shape index (κ2) is 4.04. The smallest absolute Gasteiger partial charge is 0.314 e. The number of hydrogen-bond acceptors (Lipinski definition) is 3. The van der Waals surface area contributed by atoms with E-state index in [1.54, 1.807) is 7.11 Å². The van der Waals surface area contributed by atoms with Crippen LogP contribution in [-0.4, -0.2) is 24.2 Å². The normalized spacial score (nSPS) is 27.4. The van der Waals surface area contributed by atoms with Gasteiger partial charge in [0.2, 0.25) is 0 Å². The maximum absolute atomic E-state index is 11.5. The standard InChI is InChI=1S/C13H17NO3/c1-8-4-3-5-10(11(8)17-2)13(12(15)16)6-9(14)7-13/h3-5,9H,6-7,14H2,1-2H3,(H,15,16). The van der Waals surface area contributed by atoms with Crippen molar-refractivity contribution in [3.8, 4) is 5.75 Å². The van der Waals surface area contributed by atoms with E-state index >= 15 is 0 Å². The SMILES string of the molecule is COc1c(C)cccc1C1(C(=O)O)CC(N)C1. The zero-order chi connectivity index (χ0) is 12.6. The molecule has 0 radical (unpaired) electrons. The number of aliphatic carboxylic acids is 1. The molecule has 0 bridgehead atoms. The average molecular weight is 235 g/mol. The number of carbonyl (C=O) groups is 1. The molecule has 4 nitrogen and oxygen atoms in total. The van der Waals surface area contributed by atoms with Gasteiger partial charge in [0.15, 0.2) is 0 Å². The maximum atomic E-state index is 11.5. The van der Waals surface area contributed by atoms with E-state index in [0.29, 0.717) is 18.6 Å². The summed E-state index contributed by atoms with van der Waals surface area (Å²) in [5.41, 5.74) is 6.59. The van der Waals surface area contributed by atoms with E-state index in [2.05, 4.69) is 0 Å². The molecule has 4 heteroatoms. The molecular weight excluding hydrogens is 218 g/mol. The molecule has 17 heavy (non-hydrogen) atoms. The Balaban J connectivity index is 2.52. The summed E-state index contributed by atoms with van der Waals surface area (Å²) in [6.45, 7) is 1.91. The molecule has 0 saturated heterocycles. The second-order valence-corrected chi connectivity index (χ2v) is 4.71. The van der Waals surface area contributed by atoms with Gasteiger partial charge in [-0.25, -0.2) is 0 Å². The highest BCUT2D eigenvalue weighted by atomic mass is 16.5. The molecule has 2 rings (SSSR count). The van der Waals surface area contributed by atoms with Gasteiger partial charge in [-0.15, -0.1) is 0 Å². The van der Waals surface area contributed by atoms with Gasteiger partial charge in [0, 0.05) is 11.6 Å². The zero-order valence-electron chi connectivity index (χ0n) is 10.1. The molecule has 0 amide bonds. The van der Waals surface area contributed by atoms with Crippen LogP contribution < -0.4 is 10.5 Å². The van der Waals surface area contributed by atoms with Crippen molar-refractivity contribution in [3.05, 3.63) is 29.3 Å². The third-order valence-electron chi connectivity index (χ3n) is 3.56. The van der Waals surface area contributed by atoms with Crippen molar-refractivity contribution >= 4 is 5.97 Å². The van der Waals surface area contributed by atoms with Crippen LogP contribution in [0.5, 0.6) is 5.75 Å². The minimum atomic E-state index is -0.864. The number of carboxylic acids is 1. The molecule has 0 spiro atoms. The second-order valence-electron chi connectivity index (χ2n) is 4.71. The van der Waals surface area contributed by atoms with Gasteiger partial charge >= 0.3 is 5.97 Å². The minimum Gasteiger partial charge on any atom is -0.496 e. The molecule has 1 saturated carbocycles. The van der Waals surface area contributed by atoms with Crippen molar-refractivity contribution in [1.82, 2.24) is 0 Å². The Kier molecular flexibility index (Phi) is 2.83. The lowest BCUT2D eigenvalue weighted by Gasteiger charge is -2.43. The molecule has 0 unspecified atom stereocenters. The lowest BCUT2D eigenvalue weighted by atomic mass is 9.61. The van der Waals surface area contributed by atoms with Crippen molar-refractivity contribution in [2.75, 3.05) is 7.11 Å². The van der Waals surface area contributed by atoms with Gasteiger partial charge in [-0.1, -0.05) is 18.2 Å². The Hall–Kier alpha value is -1.55. The molecule has 1 aromatic rings. The van der Waals surface area contributed by atoms with Gasteiger partial charge in [-0.05, 0) is 25.3 Å². The molecule has 1 fully saturated rings. The Labute approximate surface area is 100 Å². The Morgan fingerprint density at radius 2 is 2.18 bits per heavy atom.